The molecular weight excluding hydrogens is 363 g/mol. The van der Waals surface area contributed by atoms with Crippen LogP contribution in [0.15, 0.2) is 55.4 Å². The molecule has 0 saturated carbocycles. The van der Waals surface area contributed by atoms with Gasteiger partial charge in [0.25, 0.3) is 6.04 Å². The Morgan fingerprint density at radius 3 is 2.75 bits per heavy atom. The Hall–Kier alpha value is -1.75. The van der Waals surface area contributed by atoms with Crippen LogP contribution >= 0.6 is 35.4 Å². The van der Waals surface area contributed by atoms with Crippen LogP contribution in [-0.4, -0.2) is 17.3 Å². The smallest absolute Gasteiger partial charge is 0.270 e. The van der Waals surface area contributed by atoms with Crippen molar-refractivity contribution in [1.29, 1.82) is 0 Å². The average Bonchev–Trinajstić information content (AvgIpc) is 2.55. The van der Waals surface area contributed by atoms with Gasteiger partial charge >= 0.3 is 0 Å². The number of Topliss-reactive ketones (excluding diaryl/α,β-unsaturated/α-hetero) is 1. The number of thiocarbonyl (C=S) groups is 1. The lowest BCUT2D eigenvalue weighted by molar-refractivity contribution is -0.692. The first-order valence-electron chi connectivity index (χ1n) is 7.29. The van der Waals surface area contributed by atoms with Gasteiger partial charge in [0.05, 0.1) is 10.0 Å². The summed E-state index contributed by atoms with van der Waals surface area (Å²) in [6.45, 7) is 6.10. The Bertz CT molecular complexity index is 792. The number of carbonyl (C=O) groups excluding carboxylic acids is 1. The number of rotatable bonds is 6. The molecule has 0 aliphatic rings. The van der Waals surface area contributed by atoms with Crippen LogP contribution in [0.4, 0.5) is 0 Å². The van der Waals surface area contributed by atoms with Gasteiger partial charge < -0.3 is 5.32 Å². The minimum absolute atomic E-state index is 0.161. The summed E-state index contributed by atoms with van der Waals surface area (Å²) in [6.07, 6.45) is 5.38. The SMILES string of the molecule is C=CCNC(=S)[C@@H](C(=O)c1ccc(Cl)c(Cl)c1)[n+]1cccc(C)c1. The van der Waals surface area contributed by atoms with Gasteiger partial charge in [0.2, 0.25) is 5.78 Å². The highest BCUT2D eigenvalue weighted by Crippen LogP contribution is 2.24. The van der Waals surface area contributed by atoms with Crippen LogP contribution in [0.5, 0.6) is 0 Å². The van der Waals surface area contributed by atoms with Crippen molar-refractivity contribution < 1.29 is 9.36 Å². The number of aryl methyl sites for hydroxylation is 1. The Kier molecular flexibility index (Phi) is 6.49. The van der Waals surface area contributed by atoms with E-state index in [9.17, 15) is 4.79 Å². The Morgan fingerprint density at radius 2 is 2.12 bits per heavy atom. The van der Waals surface area contributed by atoms with Gasteiger partial charge in [-0.2, -0.15) is 4.57 Å². The van der Waals surface area contributed by atoms with Crippen molar-refractivity contribution in [2.45, 2.75) is 13.0 Å². The number of benzene rings is 1. The first-order chi connectivity index (χ1) is 11.4. The molecule has 1 aromatic heterocycles. The molecule has 0 amide bonds. The quantitative estimate of drug-likeness (QED) is 0.354. The van der Waals surface area contributed by atoms with Crippen molar-refractivity contribution in [2.24, 2.45) is 0 Å². The zero-order valence-corrected chi connectivity index (χ0v) is 15.5. The fourth-order valence-electron chi connectivity index (χ4n) is 2.24. The summed E-state index contributed by atoms with van der Waals surface area (Å²) in [5.41, 5.74) is 1.47. The van der Waals surface area contributed by atoms with Crippen molar-refractivity contribution in [1.82, 2.24) is 5.32 Å². The van der Waals surface area contributed by atoms with E-state index in [-0.39, 0.29) is 5.78 Å². The fraction of sp³-hybridized carbons (Fsp3) is 0.167. The molecular formula is C18H17Cl2N2OS+. The van der Waals surface area contributed by atoms with Gasteiger partial charge in [-0.05, 0) is 31.2 Å². The highest BCUT2D eigenvalue weighted by molar-refractivity contribution is 7.80. The van der Waals surface area contributed by atoms with Crippen molar-refractivity contribution in [3.05, 3.63) is 76.6 Å². The Morgan fingerprint density at radius 1 is 1.38 bits per heavy atom. The third-order valence-electron chi connectivity index (χ3n) is 3.39. The lowest BCUT2D eigenvalue weighted by atomic mass is 10.0. The number of nitrogens with zero attached hydrogens (tertiary/aromatic N) is 1. The summed E-state index contributed by atoms with van der Waals surface area (Å²) in [6, 6.07) is 7.98. The lowest BCUT2D eigenvalue weighted by Gasteiger charge is -2.14. The lowest BCUT2D eigenvalue weighted by Crippen LogP contribution is -2.51. The van der Waals surface area contributed by atoms with Crippen molar-refractivity contribution in [2.75, 3.05) is 6.54 Å². The minimum Gasteiger partial charge on any atom is -0.370 e. The van der Waals surface area contributed by atoms with Gasteiger partial charge in [-0.25, -0.2) is 0 Å². The van der Waals surface area contributed by atoms with Gasteiger partial charge in [0, 0.05) is 23.7 Å². The molecule has 0 spiro atoms. The summed E-state index contributed by atoms with van der Waals surface area (Å²) in [5.74, 6) is -0.161. The molecule has 1 heterocycles. The molecule has 0 radical (unpaired) electrons. The van der Waals surface area contributed by atoms with E-state index in [1.165, 1.54) is 0 Å². The second kappa shape index (κ2) is 8.38. The average molecular weight is 380 g/mol. The zero-order chi connectivity index (χ0) is 17.7. The summed E-state index contributed by atoms with van der Waals surface area (Å²) in [4.78, 5) is 13.5. The highest BCUT2D eigenvalue weighted by atomic mass is 35.5. The predicted octanol–water partition coefficient (Wildman–Crippen LogP) is 4.12. The first-order valence-corrected chi connectivity index (χ1v) is 8.45. The van der Waals surface area contributed by atoms with Crippen molar-refractivity contribution >= 4 is 46.2 Å². The summed E-state index contributed by atoms with van der Waals surface area (Å²) >= 11 is 17.4. The third kappa shape index (κ3) is 4.41. The summed E-state index contributed by atoms with van der Waals surface area (Å²) in [7, 11) is 0. The highest BCUT2D eigenvalue weighted by Gasteiger charge is 2.33. The number of hydrogen-bond acceptors (Lipinski definition) is 2. The molecule has 0 aliphatic heterocycles. The molecule has 2 aromatic rings. The monoisotopic (exact) mass is 379 g/mol. The van der Waals surface area contributed by atoms with E-state index < -0.39 is 6.04 Å². The normalized spacial score (nSPS) is 11.6. The maximum absolute atomic E-state index is 13.0. The second-order valence-electron chi connectivity index (χ2n) is 5.26. The molecule has 6 heteroatoms. The van der Waals surface area contributed by atoms with Gasteiger partial charge in [0.15, 0.2) is 17.4 Å². The fourth-order valence-corrected chi connectivity index (χ4v) is 2.85. The number of pyridine rings is 1. The van der Waals surface area contributed by atoms with Crippen LogP contribution in [0.25, 0.3) is 0 Å². The molecule has 0 saturated heterocycles. The zero-order valence-electron chi connectivity index (χ0n) is 13.1. The van der Waals surface area contributed by atoms with Crippen LogP contribution in [0.1, 0.15) is 22.0 Å². The molecule has 0 aliphatic carbocycles. The minimum atomic E-state index is -0.669. The molecule has 0 unspecified atom stereocenters. The number of carbonyl (C=O) groups is 1. The predicted molar refractivity (Wildman–Crippen MR) is 102 cm³/mol. The van der Waals surface area contributed by atoms with Gasteiger partial charge in [-0.1, -0.05) is 41.5 Å². The van der Waals surface area contributed by atoms with Gasteiger partial charge in [0.1, 0.15) is 0 Å². The summed E-state index contributed by atoms with van der Waals surface area (Å²) in [5, 5.41) is 3.78. The van der Waals surface area contributed by atoms with Gasteiger partial charge in [-0.15, -0.1) is 6.58 Å². The maximum Gasteiger partial charge on any atom is 0.270 e. The van der Waals surface area contributed by atoms with Crippen molar-refractivity contribution in [3.8, 4) is 0 Å². The third-order valence-corrected chi connectivity index (χ3v) is 4.50. The van der Waals surface area contributed by atoms with E-state index in [0.29, 0.717) is 27.1 Å². The summed E-state index contributed by atoms with van der Waals surface area (Å²) < 4.78 is 1.79. The van der Waals surface area contributed by atoms with Gasteiger partial charge in [-0.3, -0.25) is 4.79 Å². The van der Waals surface area contributed by atoms with E-state index in [1.54, 1.807) is 28.8 Å². The Labute approximate surface area is 156 Å². The van der Waals surface area contributed by atoms with Crippen molar-refractivity contribution in [3.63, 3.8) is 0 Å². The molecule has 124 valence electrons. The number of hydrogen-bond donors (Lipinski definition) is 1. The van der Waals surface area contributed by atoms with E-state index >= 15 is 0 Å². The van der Waals surface area contributed by atoms with E-state index in [4.69, 9.17) is 35.4 Å². The van der Waals surface area contributed by atoms with E-state index in [0.717, 1.165) is 5.56 Å². The van der Waals surface area contributed by atoms with E-state index in [1.807, 2.05) is 31.5 Å². The standard InChI is InChI=1S/C18H16Cl2N2OS/c1-3-8-21-18(24)16(22-9-4-5-12(2)11-22)17(23)13-6-7-14(19)15(20)10-13/h3-7,9-11,16H,1,8H2,2H3/p+1/t16-/m1/s1. The number of halogens is 2. The number of nitrogens with one attached hydrogen (secondary N) is 1. The number of ketones is 1. The largest absolute Gasteiger partial charge is 0.370 e. The molecule has 0 bridgehead atoms. The molecule has 1 aromatic carbocycles. The topological polar surface area (TPSA) is 33.0 Å². The molecule has 3 nitrogen and oxygen atoms in total. The van der Waals surface area contributed by atoms with Crippen LogP contribution in [0.2, 0.25) is 10.0 Å². The van der Waals surface area contributed by atoms with Crippen LogP contribution in [-0.2, 0) is 0 Å². The Balaban J connectivity index is 2.44. The molecule has 2 rings (SSSR count). The second-order valence-corrected chi connectivity index (χ2v) is 6.51. The molecule has 24 heavy (non-hydrogen) atoms. The molecule has 1 N–H and O–H groups in total. The van der Waals surface area contributed by atoms with E-state index in [2.05, 4.69) is 11.9 Å². The molecule has 0 fully saturated rings. The number of aromatic nitrogens is 1. The van der Waals surface area contributed by atoms with Crippen LogP contribution in [0.3, 0.4) is 0 Å². The van der Waals surface area contributed by atoms with Crippen LogP contribution in [0, 0.1) is 6.92 Å². The molecule has 1 atom stereocenters. The van der Waals surface area contributed by atoms with Crippen LogP contribution < -0.4 is 9.88 Å². The first kappa shape index (κ1) is 18.6. The maximum atomic E-state index is 13.0.